The van der Waals surface area contributed by atoms with Gasteiger partial charge in [-0.3, -0.25) is 9.59 Å². The van der Waals surface area contributed by atoms with Crippen LogP contribution in [-0.4, -0.2) is 34.8 Å². The summed E-state index contributed by atoms with van der Waals surface area (Å²) < 4.78 is 24.1. The highest BCUT2D eigenvalue weighted by Crippen LogP contribution is 2.22. The summed E-state index contributed by atoms with van der Waals surface area (Å²) in [5, 5.41) is 0. The topological polar surface area (TPSA) is 72.6 Å². The Balaban J connectivity index is 1.33. The molecule has 0 spiro atoms. The number of hydrogen-bond donors (Lipinski definition) is 0. The van der Waals surface area contributed by atoms with E-state index in [-0.39, 0.29) is 25.0 Å². The number of benzene rings is 2. The van der Waals surface area contributed by atoms with Gasteiger partial charge in [0, 0.05) is 24.2 Å². The zero-order chi connectivity index (χ0) is 20.9. The average molecular weight is 408 g/mol. The number of aromatic nitrogens is 1. The lowest BCUT2D eigenvalue weighted by atomic mass is 9.97. The van der Waals surface area contributed by atoms with Crippen LogP contribution in [0.25, 0.3) is 11.3 Å². The van der Waals surface area contributed by atoms with Crippen LogP contribution in [0.15, 0.2) is 65.2 Å². The fourth-order valence-corrected chi connectivity index (χ4v) is 3.49. The Hall–Kier alpha value is -3.48. The SMILES string of the molecule is O=C(OCc1ncc(-c2ccccc2)o1)C1CCCN(C(=O)c2ccc(F)cc2)C1. The van der Waals surface area contributed by atoms with Crippen molar-refractivity contribution >= 4 is 11.9 Å². The number of hydrogen-bond acceptors (Lipinski definition) is 5. The first-order chi connectivity index (χ1) is 14.6. The standard InChI is InChI=1S/C23H21FN2O4/c24-19-10-8-17(9-11-19)22(27)26-12-4-7-18(14-26)23(28)29-15-21-25-13-20(30-21)16-5-2-1-3-6-16/h1-3,5-6,8-11,13,18H,4,7,12,14-15H2. The van der Waals surface area contributed by atoms with Gasteiger partial charge in [0.25, 0.3) is 5.91 Å². The molecule has 1 aliphatic rings. The van der Waals surface area contributed by atoms with Crippen LogP contribution in [0.4, 0.5) is 4.39 Å². The summed E-state index contributed by atoms with van der Waals surface area (Å²) in [6.07, 6.45) is 2.94. The van der Waals surface area contributed by atoms with E-state index in [0.717, 1.165) is 5.56 Å². The molecule has 1 aromatic heterocycles. The van der Waals surface area contributed by atoms with Crippen molar-refractivity contribution in [1.29, 1.82) is 0 Å². The number of carbonyl (C=O) groups excluding carboxylic acids is 2. The van der Waals surface area contributed by atoms with Crippen molar-refractivity contribution in [2.24, 2.45) is 5.92 Å². The fourth-order valence-electron chi connectivity index (χ4n) is 3.49. The van der Waals surface area contributed by atoms with Gasteiger partial charge in [0.05, 0.1) is 12.1 Å². The lowest BCUT2D eigenvalue weighted by Gasteiger charge is -2.31. The molecular formula is C23H21FN2O4. The number of carbonyl (C=O) groups is 2. The van der Waals surface area contributed by atoms with Crippen molar-refractivity contribution in [1.82, 2.24) is 9.88 Å². The molecule has 0 aliphatic carbocycles. The largest absolute Gasteiger partial charge is 0.455 e. The van der Waals surface area contributed by atoms with Crippen LogP contribution in [0, 0.1) is 11.7 Å². The Bertz CT molecular complexity index is 1020. The molecule has 6 nitrogen and oxygen atoms in total. The number of amides is 1. The molecule has 1 saturated heterocycles. The molecule has 1 fully saturated rings. The molecule has 1 atom stereocenters. The van der Waals surface area contributed by atoms with Crippen molar-refractivity contribution < 1.29 is 23.1 Å². The van der Waals surface area contributed by atoms with Crippen LogP contribution < -0.4 is 0 Å². The predicted molar refractivity (Wildman–Crippen MR) is 107 cm³/mol. The number of oxazole rings is 1. The summed E-state index contributed by atoms with van der Waals surface area (Å²) in [5.41, 5.74) is 1.29. The summed E-state index contributed by atoms with van der Waals surface area (Å²) in [4.78, 5) is 30.9. The summed E-state index contributed by atoms with van der Waals surface area (Å²) in [7, 11) is 0. The summed E-state index contributed by atoms with van der Waals surface area (Å²) in [6.45, 7) is 0.768. The van der Waals surface area contributed by atoms with Gasteiger partial charge in [-0.25, -0.2) is 9.37 Å². The van der Waals surface area contributed by atoms with Crippen molar-refractivity contribution in [3.63, 3.8) is 0 Å². The van der Waals surface area contributed by atoms with Gasteiger partial charge in [0.2, 0.25) is 5.89 Å². The van der Waals surface area contributed by atoms with Crippen molar-refractivity contribution in [2.45, 2.75) is 19.4 Å². The van der Waals surface area contributed by atoms with Gasteiger partial charge in [-0.2, -0.15) is 0 Å². The number of likely N-dealkylation sites (tertiary alicyclic amines) is 1. The van der Waals surface area contributed by atoms with Gasteiger partial charge in [0.1, 0.15) is 5.82 Å². The highest BCUT2D eigenvalue weighted by atomic mass is 19.1. The number of nitrogens with zero attached hydrogens (tertiary/aromatic N) is 2. The molecule has 3 aromatic rings. The van der Waals surface area contributed by atoms with E-state index in [4.69, 9.17) is 9.15 Å². The summed E-state index contributed by atoms with van der Waals surface area (Å²) in [5.74, 6) is -0.480. The second-order valence-corrected chi connectivity index (χ2v) is 7.19. The Labute approximate surface area is 173 Å². The van der Waals surface area contributed by atoms with Gasteiger partial charge in [-0.15, -0.1) is 0 Å². The third kappa shape index (κ3) is 4.56. The molecule has 0 N–H and O–H groups in total. The molecule has 1 aliphatic heterocycles. The number of esters is 1. The molecule has 7 heteroatoms. The number of piperidine rings is 1. The lowest BCUT2D eigenvalue weighted by Crippen LogP contribution is -2.42. The number of rotatable bonds is 5. The first kappa shape index (κ1) is 19.8. The molecule has 154 valence electrons. The predicted octanol–water partition coefficient (Wildman–Crippen LogP) is 4.08. The zero-order valence-electron chi connectivity index (χ0n) is 16.3. The van der Waals surface area contributed by atoms with E-state index >= 15 is 0 Å². The van der Waals surface area contributed by atoms with Crippen molar-refractivity contribution in [3.05, 3.63) is 78.1 Å². The van der Waals surface area contributed by atoms with Crippen molar-refractivity contribution in [3.8, 4) is 11.3 Å². The Morgan fingerprint density at radius 2 is 1.90 bits per heavy atom. The van der Waals surface area contributed by atoms with E-state index in [9.17, 15) is 14.0 Å². The van der Waals surface area contributed by atoms with Gasteiger partial charge < -0.3 is 14.1 Å². The van der Waals surface area contributed by atoms with Gasteiger partial charge >= 0.3 is 5.97 Å². The Morgan fingerprint density at radius 1 is 1.13 bits per heavy atom. The Morgan fingerprint density at radius 3 is 2.67 bits per heavy atom. The highest BCUT2D eigenvalue weighted by molar-refractivity contribution is 5.94. The monoisotopic (exact) mass is 408 g/mol. The minimum absolute atomic E-state index is 0.0614. The Kier molecular flexibility index (Phi) is 5.88. The minimum atomic E-state index is -0.410. The molecule has 1 amide bonds. The van der Waals surface area contributed by atoms with Crippen LogP contribution in [0.2, 0.25) is 0 Å². The van der Waals surface area contributed by atoms with Gasteiger partial charge in [-0.05, 0) is 37.1 Å². The molecule has 0 saturated carbocycles. The minimum Gasteiger partial charge on any atom is -0.455 e. The molecule has 30 heavy (non-hydrogen) atoms. The van der Waals surface area contributed by atoms with Crippen LogP contribution >= 0.6 is 0 Å². The second-order valence-electron chi connectivity index (χ2n) is 7.19. The number of halogens is 1. The smallest absolute Gasteiger partial charge is 0.311 e. The zero-order valence-corrected chi connectivity index (χ0v) is 16.3. The maximum absolute atomic E-state index is 13.1. The summed E-state index contributed by atoms with van der Waals surface area (Å²) >= 11 is 0. The molecule has 0 radical (unpaired) electrons. The van der Waals surface area contributed by atoms with E-state index in [2.05, 4.69) is 4.98 Å². The maximum Gasteiger partial charge on any atom is 0.311 e. The lowest BCUT2D eigenvalue weighted by molar-refractivity contribution is -0.152. The third-order valence-electron chi connectivity index (χ3n) is 5.08. The maximum atomic E-state index is 13.1. The van der Waals surface area contributed by atoms with E-state index in [1.165, 1.54) is 24.3 Å². The molecule has 2 heterocycles. The first-order valence-corrected chi connectivity index (χ1v) is 9.82. The molecule has 4 rings (SSSR count). The van der Waals surface area contributed by atoms with Gasteiger partial charge in [-0.1, -0.05) is 30.3 Å². The molecular weight excluding hydrogens is 387 g/mol. The van der Waals surface area contributed by atoms with E-state index in [0.29, 0.717) is 36.6 Å². The van der Waals surface area contributed by atoms with Crippen LogP contribution in [-0.2, 0) is 16.1 Å². The molecule has 1 unspecified atom stereocenters. The van der Waals surface area contributed by atoms with Crippen LogP contribution in [0.5, 0.6) is 0 Å². The van der Waals surface area contributed by atoms with Gasteiger partial charge in [0.15, 0.2) is 12.4 Å². The third-order valence-corrected chi connectivity index (χ3v) is 5.08. The van der Waals surface area contributed by atoms with Crippen LogP contribution in [0.3, 0.4) is 0 Å². The fraction of sp³-hybridized carbons (Fsp3) is 0.261. The van der Waals surface area contributed by atoms with Crippen LogP contribution in [0.1, 0.15) is 29.1 Å². The van der Waals surface area contributed by atoms with E-state index < -0.39 is 11.7 Å². The highest BCUT2D eigenvalue weighted by Gasteiger charge is 2.30. The van der Waals surface area contributed by atoms with E-state index in [1.54, 1.807) is 11.1 Å². The number of ether oxygens (including phenoxy) is 1. The normalized spacial score (nSPS) is 16.3. The molecule has 2 aromatic carbocycles. The molecule has 0 bridgehead atoms. The van der Waals surface area contributed by atoms with E-state index in [1.807, 2.05) is 30.3 Å². The van der Waals surface area contributed by atoms with Crippen molar-refractivity contribution in [2.75, 3.05) is 13.1 Å². The summed E-state index contributed by atoms with van der Waals surface area (Å²) in [6, 6.07) is 14.9. The average Bonchev–Trinajstić information content (AvgIpc) is 3.27. The quantitative estimate of drug-likeness (QED) is 0.595. The second kappa shape index (κ2) is 8.90. The first-order valence-electron chi connectivity index (χ1n) is 9.82.